The summed E-state index contributed by atoms with van der Waals surface area (Å²) in [5, 5.41) is 13.3. The Kier molecular flexibility index (Phi) is 5.67. The highest BCUT2D eigenvalue weighted by Gasteiger charge is 2.21. The second-order valence-electron chi connectivity index (χ2n) is 5.04. The van der Waals surface area contributed by atoms with E-state index >= 15 is 0 Å². The van der Waals surface area contributed by atoms with Crippen LogP contribution in [-0.2, 0) is 9.53 Å². The largest absolute Gasteiger partial charge is 0.494 e. The number of nitrogens with one attached hydrogen (secondary N) is 1. The molecule has 1 amide bonds. The second-order valence-corrected chi connectivity index (χ2v) is 5.04. The zero-order chi connectivity index (χ0) is 18.4. The third kappa shape index (κ3) is 4.54. The average molecular weight is 344 g/mol. The number of nitro groups is 1. The van der Waals surface area contributed by atoms with Crippen molar-refractivity contribution in [3.8, 4) is 5.75 Å². The van der Waals surface area contributed by atoms with Gasteiger partial charge in [-0.1, -0.05) is 18.2 Å². The highest BCUT2D eigenvalue weighted by Crippen LogP contribution is 2.29. The van der Waals surface area contributed by atoms with Gasteiger partial charge in [0.1, 0.15) is 5.75 Å². The number of methoxy groups -OCH3 is 1. The molecule has 130 valence electrons. The summed E-state index contributed by atoms with van der Waals surface area (Å²) in [6, 6.07) is 12.0. The Morgan fingerprint density at radius 2 is 1.84 bits per heavy atom. The van der Waals surface area contributed by atoms with Gasteiger partial charge in [0.15, 0.2) is 6.10 Å². The van der Waals surface area contributed by atoms with E-state index in [4.69, 9.17) is 9.47 Å². The molecule has 0 saturated heterocycles. The summed E-state index contributed by atoms with van der Waals surface area (Å²) in [5.41, 5.74) is 0.397. The van der Waals surface area contributed by atoms with Crippen molar-refractivity contribution in [1.82, 2.24) is 0 Å². The molecule has 8 heteroatoms. The van der Waals surface area contributed by atoms with E-state index in [1.54, 1.807) is 30.3 Å². The molecule has 0 spiro atoms. The van der Waals surface area contributed by atoms with Crippen molar-refractivity contribution >= 4 is 23.3 Å². The quantitative estimate of drug-likeness (QED) is 0.490. The van der Waals surface area contributed by atoms with Gasteiger partial charge in [-0.15, -0.1) is 0 Å². The number of nitrogens with zero attached hydrogens (tertiary/aromatic N) is 1. The van der Waals surface area contributed by atoms with Crippen molar-refractivity contribution in [3.63, 3.8) is 0 Å². The van der Waals surface area contributed by atoms with Crippen LogP contribution >= 0.6 is 0 Å². The molecule has 0 heterocycles. The maximum Gasteiger partial charge on any atom is 0.338 e. The van der Waals surface area contributed by atoms with E-state index in [-0.39, 0.29) is 17.1 Å². The molecule has 2 aromatic carbocycles. The fraction of sp³-hybridized carbons (Fsp3) is 0.176. The third-order valence-electron chi connectivity index (χ3n) is 3.32. The number of hydrogen-bond donors (Lipinski definition) is 1. The van der Waals surface area contributed by atoms with Gasteiger partial charge in [-0.3, -0.25) is 14.9 Å². The number of nitro benzene ring substituents is 1. The van der Waals surface area contributed by atoms with Crippen LogP contribution in [0, 0.1) is 10.1 Å². The zero-order valence-electron chi connectivity index (χ0n) is 13.6. The molecule has 0 bridgehead atoms. The Morgan fingerprint density at radius 3 is 2.44 bits per heavy atom. The molecular formula is C17H16N2O6. The summed E-state index contributed by atoms with van der Waals surface area (Å²) in [5.74, 6) is -1.08. The Morgan fingerprint density at radius 1 is 1.16 bits per heavy atom. The molecule has 0 aliphatic heterocycles. The minimum Gasteiger partial charge on any atom is -0.494 e. The van der Waals surface area contributed by atoms with Crippen LogP contribution in [0.15, 0.2) is 48.5 Å². The van der Waals surface area contributed by atoms with Gasteiger partial charge in [-0.25, -0.2) is 4.79 Å². The summed E-state index contributed by atoms with van der Waals surface area (Å²) < 4.78 is 10.1. The Hall–Kier alpha value is -3.42. The van der Waals surface area contributed by atoms with Crippen LogP contribution in [0.3, 0.4) is 0 Å². The third-order valence-corrected chi connectivity index (χ3v) is 3.32. The summed E-state index contributed by atoms with van der Waals surface area (Å²) in [7, 11) is 1.33. The van der Waals surface area contributed by atoms with Crippen molar-refractivity contribution in [3.05, 3.63) is 64.2 Å². The predicted octanol–water partition coefficient (Wildman–Crippen LogP) is 2.79. The van der Waals surface area contributed by atoms with Crippen molar-refractivity contribution in [2.45, 2.75) is 13.0 Å². The first kappa shape index (κ1) is 17.9. The maximum absolute atomic E-state index is 12.2. The summed E-state index contributed by atoms with van der Waals surface area (Å²) in [6.07, 6.45) is -1.06. The lowest BCUT2D eigenvalue weighted by Gasteiger charge is -2.15. The first-order valence-electron chi connectivity index (χ1n) is 7.31. The minimum atomic E-state index is -1.06. The first-order valence-corrected chi connectivity index (χ1v) is 7.31. The molecule has 25 heavy (non-hydrogen) atoms. The molecule has 0 aromatic heterocycles. The number of hydrogen-bond acceptors (Lipinski definition) is 6. The van der Waals surface area contributed by atoms with E-state index in [1.807, 2.05) is 0 Å². The van der Waals surface area contributed by atoms with Crippen LogP contribution < -0.4 is 10.1 Å². The van der Waals surface area contributed by atoms with Gasteiger partial charge < -0.3 is 14.8 Å². The number of carbonyl (C=O) groups excluding carboxylic acids is 2. The normalized spacial score (nSPS) is 11.3. The fourth-order valence-electron chi connectivity index (χ4n) is 1.99. The van der Waals surface area contributed by atoms with Gasteiger partial charge >= 0.3 is 5.97 Å². The standard InChI is InChI=1S/C17H16N2O6/c1-11(25-17(21)12-6-4-3-5-7-12)16(20)18-14-9-8-13(19(22)23)10-15(14)24-2/h3-11H,1-2H3,(H,18,20). The number of benzene rings is 2. The highest BCUT2D eigenvalue weighted by molar-refractivity contribution is 5.98. The smallest absolute Gasteiger partial charge is 0.338 e. The molecule has 1 atom stereocenters. The number of non-ortho nitro benzene ring substituents is 1. The highest BCUT2D eigenvalue weighted by atomic mass is 16.6. The molecule has 1 unspecified atom stereocenters. The van der Waals surface area contributed by atoms with E-state index in [0.717, 1.165) is 0 Å². The van der Waals surface area contributed by atoms with Gasteiger partial charge in [0.25, 0.3) is 11.6 Å². The van der Waals surface area contributed by atoms with Crippen LogP contribution in [0.25, 0.3) is 0 Å². The second kappa shape index (κ2) is 7.91. The number of ether oxygens (including phenoxy) is 2. The average Bonchev–Trinajstić information content (AvgIpc) is 2.62. The van der Waals surface area contributed by atoms with Crippen LogP contribution in [0.4, 0.5) is 11.4 Å². The fourth-order valence-corrected chi connectivity index (χ4v) is 1.99. The van der Waals surface area contributed by atoms with Crippen LogP contribution in [0.5, 0.6) is 5.75 Å². The van der Waals surface area contributed by atoms with Crippen molar-refractivity contribution in [2.75, 3.05) is 12.4 Å². The van der Waals surface area contributed by atoms with Crippen LogP contribution in [-0.4, -0.2) is 30.0 Å². The van der Waals surface area contributed by atoms with Gasteiger partial charge in [-0.05, 0) is 25.1 Å². The van der Waals surface area contributed by atoms with E-state index in [1.165, 1.54) is 32.2 Å². The van der Waals surface area contributed by atoms with Gasteiger partial charge in [-0.2, -0.15) is 0 Å². The topological polar surface area (TPSA) is 108 Å². The number of rotatable bonds is 6. The van der Waals surface area contributed by atoms with Crippen molar-refractivity contribution < 1.29 is 24.0 Å². The Bertz CT molecular complexity index is 791. The monoisotopic (exact) mass is 344 g/mol. The molecule has 1 N–H and O–H groups in total. The lowest BCUT2D eigenvalue weighted by molar-refractivity contribution is -0.384. The summed E-state index contributed by atoms with van der Waals surface area (Å²) in [4.78, 5) is 34.3. The maximum atomic E-state index is 12.2. The number of carbonyl (C=O) groups is 2. The van der Waals surface area contributed by atoms with E-state index < -0.39 is 22.9 Å². The van der Waals surface area contributed by atoms with Crippen LogP contribution in [0.1, 0.15) is 17.3 Å². The van der Waals surface area contributed by atoms with Gasteiger partial charge in [0.2, 0.25) is 0 Å². The van der Waals surface area contributed by atoms with Gasteiger partial charge in [0.05, 0.1) is 29.4 Å². The van der Waals surface area contributed by atoms with Crippen molar-refractivity contribution in [1.29, 1.82) is 0 Å². The number of esters is 1. The van der Waals surface area contributed by atoms with E-state index in [2.05, 4.69) is 5.32 Å². The molecule has 8 nitrogen and oxygen atoms in total. The van der Waals surface area contributed by atoms with E-state index in [9.17, 15) is 19.7 Å². The lowest BCUT2D eigenvalue weighted by atomic mass is 10.2. The summed E-state index contributed by atoms with van der Waals surface area (Å²) >= 11 is 0. The van der Waals surface area contributed by atoms with Crippen LogP contribution in [0.2, 0.25) is 0 Å². The molecule has 0 fully saturated rings. The minimum absolute atomic E-state index is 0.129. The Labute approximate surface area is 143 Å². The molecule has 2 aromatic rings. The number of amides is 1. The van der Waals surface area contributed by atoms with E-state index in [0.29, 0.717) is 5.56 Å². The molecule has 0 saturated carbocycles. The van der Waals surface area contributed by atoms with Gasteiger partial charge in [0, 0.05) is 6.07 Å². The molecule has 0 aliphatic rings. The summed E-state index contributed by atoms with van der Waals surface area (Å²) in [6.45, 7) is 1.42. The first-order chi connectivity index (χ1) is 11.9. The SMILES string of the molecule is COc1cc([N+](=O)[O-])ccc1NC(=O)C(C)OC(=O)c1ccccc1. The molecule has 0 aliphatic carbocycles. The van der Waals surface area contributed by atoms with Crippen molar-refractivity contribution in [2.24, 2.45) is 0 Å². The lowest BCUT2D eigenvalue weighted by Crippen LogP contribution is -2.30. The number of anilines is 1. The zero-order valence-corrected chi connectivity index (χ0v) is 13.6. The molecule has 2 rings (SSSR count). The molecular weight excluding hydrogens is 328 g/mol. The predicted molar refractivity (Wildman–Crippen MR) is 89.6 cm³/mol. The molecule has 0 radical (unpaired) electrons. The Balaban J connectivity index is 2.06.